The van der Waals surface area contributed by atoms with Gasteiger partial charge in [-0.15, -0.1) is 11.3 Å². The number of nitrogens with zero attached hydrogens (tertiary/aromatic N) is 1. The van der Waals surface area contributed by atoms with E-state index in [4.69, 9.17) is 4.98 Å². The molecule has 4 rings (SSSR count). The van der Waals surface area contributed by atoms with Crippen molar-refractivity contribution in [2.24, 2.45) is 0 Å². The van der Waals surface area contributed by atoms with Crippen LogP contribution in [0.4, 0.5) is 0 Å². The van der Waals surface area contributed by atoms with Crippen LogP contribution in [0.15, 0.2) is 73.3 Å². The number of allylic oxidation sites excluding steroid dienone is 1. The molecule has 1 aromatic heterocycles. The predicted octanol–water partition coefficient (Wildman–Crippen LogP) is 5.49. The topological polar surface area (TPSA) is 30.0 Å². The van der Waals surface area contributed by atoms with Crippen molar-refractivity contribution < 1.29 is 4.79 Å². The Morgan fingerprint density at radius 2 is 1.78 bits per heavy atom. The Morgan fingerprint density at radius 1 is 1.00 bits per heavy atom. The number of carbonyl (C=O) groups is 1. The molecule has 1 heterocycles. The van der Waals surface area contributed by atoms with Gasteiger partial charge < -0.3 is 0 Å². The molecule has 0 amide bonds. The second-order valence-electron chi connectivity index (χ2n) is 5.26. The molecule has 0 spiro atoms. The van der Waals surface area contributed by atoms with Crippen molar-refractivity contribution in [3.8, 4) is 10.6 Å². The van der Waals surface area contributed by atoms with Crippen LogP contribution in [0.25, 0.3) is 31.6 Å². The fourth-order valence-corrected chi connectivity index (χ4v) is 3.80. The summed E-state index contributed by atoms with van der Waals surface area (Å²) in [7, 11) is 0. The van der Waals surface area contributed by atoms with Crippen molar-refractivity contribution in [1.29, 1.82) is 0 Å². The van der Waals surface area contributed by atoms with Crippen LogP contribution in [-0.4, -0.2) is 10.8 Å². The van der Waals surface area contributed by atoms with Gasteiger partial charge in [0.1, 0.15) is 5.01 Å². The SMILES string of the molecule is C=CC(=O)c1c(-c2nc3ccccc3s2)ccc2ccccc12. The molecule has 0 atom stereocenters. The Labute approximate surface area is 137 Å². The molecule has 23 heavy (non-hydrogen) atoms. The standard InChI is InChI=1S/C20H13NOS/c1-2-17(22)19-14-8-4-3-7-13(14)11-12-15(19)20-21-16-9-5-6-10-18(16)23-20/h2-12H,1H2. The molecule has 0 aliphatic heterocycles. The van der Waals surface area contributed by atoms with Crippen LogP contribution >= 0.6 is 11.3 Å². The van der Waals surface area contributed by atoms with Crippen LogP contribution < -0.4 is 0 Å². The first-order chi connectivity index (χ1) is 11.3. The van der Waals surface area contributed by atoms with E-state index in [1.165, 1.54) is 6.08 Å². The molecule has 3 heteroatoms. The number of thiazole rings is 1. The Morgan fingerprint density at radius 3 is 2.61 bits per heavy atom. The molecule has 0 aliphatic carbocycles. The monoisotopic (exact) mass is 315 g/mol. The number of carbonyl (C=O) groups excluding carboxylic acids is 1. The zero-order chi connectivity index (χ0) is 15.8. The lowest BCUT2D eigenvalue weighted by molar-refractivity contribution is 0.104. The second-order valence-corrected chi connectivity index (χ2v) is 6.30. The van der Waals surface area contributed by atoms with Gasteiger partial charge in [-0.25, -0.2) is 4.98 Å². The van der Waals surface area contributed by atoms with Gasteiger partial charge in [0.2, 0.25) is 0 Å². The van der Waals surface area contributed by atoms with Crippen molar-refractivity contribution in [3.05, 3.63) is 78.9 Å². The molecule has 0 radical (unpaired) electrons. The lowest BCUT2D eigenvalue weighted by Gasteiger charge is -2.08. The number of benzene rings is 3. The number of hydrogen-bond donors (Lipinski definition) is 0. The van der Waals surface area contributed by atoms with Gasteiger partial charge >= 0.3 is 0 Å². The van der Waals surface area contributed by atoms with E-state index in [1.54, 1.807) is 11.3 Å². The maximum absolute atomic E-state index is 12.5. The molecule has 0 N–H and O–H groups in total. The highest BCUT2D eigenvalue weighted by molar-refractivity contribution is 7.21. The zero-order valence-electron chi connectivity index (χ0n) is 12.3. The molecule has 0 unspecified atom stereocenters. The summed E-state index contributed by atoms with van der Waals surface area (Å²) in [5, 5.41) is 2.85. The van der Waals surface area contributed by atoms with E-state index in [2.05, 4.69) is 6.58 Å². The molecular weight excluding hydrogens is 302 g/mol. The fourth-order valence-electron chi connectivity index (χ4n) is 2.80. The van der Waals surface area contributed by atoms with E-state index < -0.39 is 0 Å². The fraction of sp³-hybridized carbons (Fsp3) is 0. The van der Waals surface area contributed by atoms with E-state index in [-0.39, 0.29) is 5.78 Å². The molecule has 0 bridgehead atoms. The van der Waals surface area contributed by atoms with Crippen molar-refractivity contribution in [2.45, 2.75) is 0 Å². The van der Waals surface area contributed by atoms with Gasteiger partial charge in [0.15, 0.2) is 5.78 Å². The molecule has 0 fully saturated rings. The van der Waals surface area contributed by atoms with Crippen LogP contribution in [0.3, 0.4) is 0 Å². The third-order valence-electron chi connectivity index (χ3n) is 3.89. The Balaban J connectivity index is 2.06. The quantitative estimate of drug-likeness (QED) is 0.370. The summed E-state index contributed by atoms with van der Waals surface area (Å²) < 4.78 is 1.12. The largest absolute Gasteiger partial charge is 0.289 e. The first-order valence-corrected chi connectivity index (χ1v) is 8.14. The molecule has 0 saturated heterocycles. The molecule has 110 valence electrons. The Hall–Kier alpha value is -2.78. The van der Waals surface area contributed by atoms with Crippen LogP contribution in [-0.2, 0) is 0 Å². The first kappa shape index (κ1) is 13.9. The van der Waals surface area contributed by atoms with E-state index in [0.29, 0.717) is 5.56 Å². The first-order valence-electron chi connectivity index (χ1n) is 7.32. The summed E-state index contributed by atoms with van der Waals surface area (Å²) in [4.78, 5) is 17.2. The number of para-hydroxylation sites is 1. The van der Waals surface area contributed by atoms with Gasteiger partial charge in [-0.2, -0.15) is 0 Å². The molecule has 3 aromatic carbocycles. The highest BCUT2D eigenvalue weighted by Gasteiger charge is 2.17. The molecule has 2 nitrogen and oxygen atoms in total. The smallest absolute Gasteiger partial charge is 0.186 e. The van der Waals surface area contributed by atoms with Crippen molar-refractivity contribution >= 4 is 38.1 Å². The van der Waals surface area contributed by atoms with E-state index in [9.17, 15) is 4.79 Å². The van der Waals surface area contributed by atoms with Crippen molar-refractivity contribution in [1.82, 2.24) is 4.98 Å². The van der Waals surface area contributed by atoms with Gasteiger partial charge in [0, 0.05) is 11.1 Å². The molecular formula is C20H13NOS. The summed E-state index contributed by atoms with van der Waals surface area (Å²) in [6, 6.07) is 19.9. The maximum Gasteiger partial charge on any atom is 0.186 e. The van der Waals surface area contributed by atoms with Crippen LogP contribution in [0.5, 0.6) is 0 Å². The van der Waals surface area contributed by atoms with E-state index in [0.717, 1.165) is 31.6 Å². The minimum atomic E-state index is -0.0731. The van der Waals surface area contributed by atoms with E-state index >= 15 is 0 Å². The zero-order valence-corrected chi connectivity index (χ0v) is 13.1. The predicted molar refractivity (Wildman–Crippen MR) is 97.1 cm³/mol. The van der Waals surface area contributed by atoms with Gasteiger partial charge in [-0.1, -0.05) is 55.1 Å². The summed E-state index contributed by atoms with van der Waals surface area (Å²) in [5.41, 5.74) is 2.50. The van der Waals surface area contributed by atoms with Crippen molar-refractivity contribution in [3.63, 3.8) is 0 Å². The maximum atomic E-state index is 12.5. The number of hydrogen-bond acceptors (Lipinski definition) is 3. The minimum absolute atomic E-state index is 0.0731. The third kappa shape index (κ3) is 2.26. The van der Waals surface area contributed by atoms with Crippen molar-refractivity contribution in [2.75, 3.05) is 0 Å². The summed E-state index contributed by atoms with van der Waals surface area (Å²) in [5.74, 6) is -0.0731. The number of ketones is 1. The number of aromatic nitrogens is 1. The summed E-state index contributed by atoms with van der Waals surface area (Å²) in [6.45, 7) is 3.65. The minimum Gasteiger partial charge on any atom is -0.289 e. The van der Waals surface area contributed by atoms with Crippen LogP contribution in [0.2, 0.25) is 0 Å². The Kier molecular flexibility index (Phi) is 3.28. The van der Waals surface area contributed by atoms with E-state index in [1.807, 2.05) is 60.7 Å². The lowest BCUT2D eigenvalue weighted by Crippen LogP contribution is -1.99. The normalized spacial score (nSPS) is 11.0. The Bertz CT molecular complexity index is 1030. The number of fused-ring (bicyclic) bond motifs is 2. The summed E-state index contributed by atoms with van der Waals surface area (Å²) >= 11 is 1.60. The van der Waals surface area contributed by atoms with Gasteiger partial charge in [-0.3, -0.25) is 4.79 Å². The second kappa shape index (κ2) is 5.45. The van der Waals surface area contributed by atoms with Gasteiger partial charge in [-0.05, 0) is 29.0 Å². The molecule has 0 saturated carbocycles. The summed E-state index contributed by atoms with van der Waals surface area (Å²) in [6.07, 6.45) is 1.37. The average molecular weight is 315 g/mol. The lowest BCUT2D eigenvalue weighted by atomic mass is 9.96. The number of rotatable bonds is 3. The molecule has 4 aromatic rings. The molecule has 0 aliphatic rings. The third-order valence-corrected chi connectivity index (χ3v) is 4.95. The highest BCUT2D eigenvalue weighted by atomic mass is 32.1. The highest BCUT2D eigenvalue weighted by Crippen LogP contribution is 2.35. The van der Waals surface area contributed by atoms with Crippen LogP contribution in [0.1, 0.15) is 10.4 Å². The van der Waals surface area contributed by atoms with Gasteiger partial charge in [0.25, 0.3) is 0 Å². The van der Waals surface area contributed by atoms with Gasteiger partial charge in [0.05, 0.1) is 10.2 Å². The van der Waals surface area contributed by atoms with Crippen LogP contribution in [0, 0.1) is 0 Å². The average Bonchev–Trinajstić information content (AvgIpc) is 3.04.